The van der Waals surface area contributed by atoms with E-state index in [-0.39, 0.29) is 4.75 Å². The Balaban J connectivity index is 2.17. The van der Waals surface area contributed by atoms with E-state index in [1.54, 1.807) is 12.4 Å². The average Bonchev–Trinajstić information content (AvgIpc) is 2.99. The number of nitrogens with zero attached hydrogens (tertiary/aromatic N) is 3. The maximum atomic E-state index is 12.2. The third-order valence-electron chi connectivity index (χ3n) is 4.28. The molecule has 136 valence electrons. The van der Waals surface area contributed by atoms with Gasteiger partial charge in [-0.25, -0.2) is 9.19 Å². The van der Waals surface area contributed by atoms with Gasteiger partial charge in [0.15, 0.2) is 0 Å². The average molecular weight is 368 g/mol. The Morgan fingerprint density at radius 2 is 1.77 bits per heavy atom. The van der Waals surface area contributed by atoms with Gasteiger partial charge in [0.2, 0.25) is 0 Å². The minimum absolute atomic E-state index is 0.372. The van der Waals surface area contributed by atoms with E-state index < -0.39 is 11.0 Å². The summed E-state index contributed by atoms with van der Waals surface area (Å²) < 4.78 is 18.1. The van der Waals surface area contributed by atoms with Crippen molar-refractivity contribution >= 4 is 22.8 Å². The molecule has 4 nitrogen and oxygen atoms in total. The zero-order chi connectivity index (χ0) is 19.1. The number of pyridine rings is 1. The summed E-state index contributed by atoms with van der Waals surface area (Å²) in [5.41, 5.74) is 7.77. The Kier molecular flexibility index (Phi) is 4.84. The van der Waals surface area contributed by atoms with Gasteiger partial charge in [-0.2, -0.15) is 4.40 Å². The first-order chi connectivity index (χ1) is 12.2. The van der Waals surface area contributed by atoms with Crippen molar-refractivity contribution in [2.24, 2.45) is 4.40 Å². The van der Waals surface area contributed by atoms with Crippen LogP contribution in [0.4, 0.5) is 0 Å². The molecule has 0 bridgehead atoms. The van der Waals surface area contributed by atoms with Crippen LogP contribution in [0.25, 0.3) is 16.8 Å². The normalized spacial score (nSPS) is 13.6. The molecule has 26 heavy (non-hydrogen) atoms. The number of aryl methyl sites for hydroxylation is 3. The quantitative estimate of drug-likeness (QED) is 0.624. The van der Waals surface area contributed by atoms with Crippen LogP contribution in [0.2, 0.25) is 0 Å². The Hall–Kier alpha value is -2.27. The lowest BCUT2D eigenvalue weighted by Crippen LogP contribution is -2.19. The summed E-state index contributed by atoms with van der Waals surface area (Å²) in [4.78, 5) is 4.53. The van der Waals surface area contributed by atoms with Gasteiger partial charge in [-0.05, 0) is 64.3 Å². The SMILES string of the molecule is Cc1cc(C)c(-c2cc(/C=N\S(=O)C(C)(C)C)cn3ccnc23)c(C)c1. The molecule has 0 radical (unpaired) electrons. The first-order valence-electron chi connectivity index (χ1n) is 8.68. The highest BCUT2D eigenvalue weighted by Gasteiger charge is 2.18. The van der Waals surface area contributed by atoms with Gasteiger partial charge in [0.1, 0.15) is 16.6 Å². The molecule has 0 aliphatic carbocycles. The maximum Gasteiger partial charge on any atom is 0.144 e. The fraction of sp³-hybridized carbons (Fsp3) is 0.333. The van der Waals surface area contributed by atoms with Gasteiger partial charge >= 0.3 is 0 Å². The standard InChI is InChI=1S/C21H25N3OS/c1-14-9-15(2)19(16(3)10-14)18-11-17(12-23-26(25)21(4,5)6)13-24-8-7-22-20(18)24/h7-13H,1-6H3/b23-12-. The smallest absolute Gasteiger partial charge is 0.144 e. The van der Waals surface area contributed by atoms with Crippen LogP contribution in [0.5, 0.6) is 0 Å². The fourth-order valence-corrected chi connectivity index (χ4v) is 3.71. The molecule has 0 saturated carbocycles. The van der Waals surface area contributed by atoms with Crippen LogP contribution in [0.3, 0.4) is 0 Å². The molecule has 0 spiro atoms. The van der Waals surface area contributed by atoms with Gasteiger partial charge in [-0.15, -0.1) is 0 Å². The van der Waals surface area contributed by atoms with Crippen LogP contribution in [0, 0.1) is 20.8 Å². The van der Waals surface area contributed by atoms with E-state index in [1.165, 1.54) is 22.3 Å². The molecule has 2 aromatic heterocycles. The summed E-state index contributed by atoms with van der Waals surface area (Å²) in [5, 5.41) is 0. The number of imidazole rings is 1. The van der Waals surface area contributed by atoms with Crippen molar-refractivity contribution < 1.29 is 4.21 Å². The van der Waals surface area contributed by atoms with Crippen LogP contribution < -0.4 is 0 Å². The molecule has 0 amide bonds. The second-order valence-electron chi connectivity index (χ2n) is 7.71. The summed E-state index contributed by atoms with van der Waals surface area (Å²) in [6.45, 7) is 12.1. The zero-order valence-electron chi connectivity index (χ0n) is 16.2. The molecule has 1 aromatic carbocycles. The molecule has 0 aliphatic heterocycles. The van der Waals surface area contributed by atoms with Crippen LogP contribution >= 0.6 is 0 Å². The molecule has 3 rings (SSSR count). The first-order valence-corrected chi connectivity index (χ1v) is 9.78. The van der Waals surface area contributed by atoms with E-state index >= 15 is 0 Å². The molecule has 2 heterocycles. The lowest BCUT2D eigenvalue weighted by molar-refractivity contribution is 0.651. The summed E-state index contributed by atoms with van der Waals surface area (Å²) in [6, 6.07) is 6.46. The molecule has 1 atom stereocenters. The molecule has 1 unspecified atom stereocenters. The second kappa shape index (κ2) is 6.80. The van der Waals surface area contributed by atoms with Crippen molar-refractivity contribution in [3.63, 3.8) is 0 Å². The van der Waals surface area contributed by atoms with Gasteiger partial charge in [0.25, 0.3) is 0 Å². The van der Waals surface area contributed by atoms with Gasteiger partial charge < -0.3 is 4.40 Å². The largest absolute Gasteiger partial charge is 0.306 e. The van der Waals surface area contributed by atoms with Gasteiger partial charge in [-0.3, -0.25) is 0 Å². The third kappa shape index (κ3) is 3.63. The first kappa shape index (κ1) is 18.5. The topological polar surface area (TPSA) is 46.7 Å². The molecule has 3 aromatic rings. The van der Waals surface area contributed by atoms with Crippen molar-refractivity contribution in [1.29, 1.82) is 0 Å². The molecular formula is C21H25N3OS. The van der Waals surface area contributed by atoms with Gasteiger partial charge in [0.05, 0.1) is 4.75 Å². The van der Waals surface area contributed by atoms with Gasteiger partial charge in [0, 0.05) is 35.9 Å². The zero-order valence-corrected chi connectivity index (χ0v) is 17.0. The summed E-state index contributed by atoms with van der Waals surface area (Å²) >= 11 is 0. The van der Waals surface area contributed by atoms with E-state index in [9.17, 15) is 4.21 Å². The van der Waals surface area contributed by atoms with Crippen molar-refractivity contribution in [2.75, 3.05) is 0 Å². The van der Waals surface area contributed by atoms with Crippen LogP contribution in [0.1, 0.15) is 43.0 Å². The van der Waals surface area contributed by atoms with Crippen molar-refractivity contribution in [3.05, 3.63) is 59.0 Å². The minimum Gasteiger partial charge on any atom is -0.306 e. The number of benzene rings is 1. The molecule has 5 heteroatoms. The highest BCUT2D eigenvalue weighted by molar-refractivity contribution is 7.85. The minimum atomic E-state index is -1.28. The monoisotopic (exact) mass is 367 g/mol. The van der Waals surface area contributed by atoms with Crippen molar-refractivity contribution in [3.8, 4) is 11.1 Å². The van der Waals surface area contributed by atoms with Gasteiger partial charge in [-0.1, -0.05) is 17.7 Å². The van der Waals surface area contributed by atoms with Crippen molar-refractivity contribution in [2.45, 2.75) is 46.3 Å². The highest BCUT2D eigenvalue weighted by atomic mass is 32.2. The number of hydrogen-bond acceptors (Lipinski definition) is 2. The summed E-state index contributed by atoms with van der Waals surface area (Å²) in [6.07, 6.45) is 7.39. The number of hydrogen-bond donors (Lipinski definition) is 0. The maximum absolute atomic E-state index is 12.2. The number of aromatic nitrogens is 2. The molecule has 0 saturated heterocycles. The molecule has 0 fully saturated rings. The van der Waals surface area contributed by atoms with Crippen LogP contribution in [0.15, 0.2) is 41.2 Å². The predicted octanol–water partition coefficient (Wildman–Crippen LogP) is 4.81. The van der Waals surface area contributed by atoms with Crippen LogP contribution in [-0.2, 0) is 11.0 Å². The van der Waals surface area contributed by atoms with E-state index in [1.807, 2.05) is 37.6 Å². The van der Waals surface area contributed by atoms with E-state index in [2.05, 4.69) is 48.4 Å². The number of rotatable bonds is 3. The van der Waals surface area contributed by atoms with E-state index in [0.29, 0.717) is 0 Å². The summed E-state index contributed by atoms with van der Waals surface area (Å²) in [5.74, 6) is 0. The Morgan fingerprint density at radius 1 is 1.12 bits per heavy atom. The highest BCUT2D eigenvalue weighted by Crippen LogP contribution is 2.31. The van der Waals surface area contributed by atoms with E-state index in [0.717, 1.165) is 16.8 Å². The lowest BCUT2D eigenvalue weighted by atomic mass is 9.94. The number of fused-ring (bicyclic) bond motifs is 1. The van der Waals surface area contributed by atoms with Crippen molar-refractivity contribution in [1.82, 2.24) is 9.38 Å². The van der Waals surface area contributed by atoms with Crippen LogP contribution in [-0.4, -0.2) is 24.6 Å². The Bertz CT molecular complexity index is 1000. The third-order valence-corrected chi connectivity index (χ3v) is 5.62. The molecular weight excluding hydrogens is 342 g/mol. The Labute approximate surface area is 157 Å². The predicted molar refractivity (Wildman–Crippen MR) is 110 cm³/mol. The summed E-state index contributed by atoms with van der Waals surface area (Å²) in [7, 11) is -1.28. The molecule has 0 aliphatic rings. The lowest BCUT2D eigenvalue weighted by Gasteiger charge is -2.14. The van der Waals surface area contributed by atoms with E-state index in [4.69, 9.17) is 0 Å². The fourth-order valence-electron chi connectivity index (χ4n) is 3.18. The Morgan fingerprint density at radius 3 is 2.38 bits per heavy atom. The molecule has 0 N–H and O–H groups in total. The second-order valence-corrected chi connectivity index (χ2v) is 9.65.